The molecule has 0 radical (unpaired) electrons. The van der Waals surface area contributed by atoms with Gasteiger partial charge in [0, 0.05) is 20.2 Å². The average Bonchev–Trinajstić information content (AvgIpc) is 2.99. The smallest absolute Gasteiger partial charge is 0.264 e. The number of amides is 1. The second kappa shape index (κ2) is 7.62. The number of nitrogens with zero attached hydrogens (tertiary/aromatic N) is 4. The lowest BCUT2D eigenvalue weighted by Gasteiger charge is -2.05. The van der Waals surface area contributed by atoms with Gasteiger partial charge in [0.25, 0.3) is 10.0 Å². The monoisotopic (exact) mass is 395 g/mol. The van der Waals surface area contributed by atoms with Crippen LogP contribution in [0.5, 0.6) is 0 Å². The Hall–Kier alpha value is -3.51. The van der Waals surface area contributed by atoms with Crippen LogP contribution in [0.2, 0.25) is 0 Å². The third-order valence-corrected chi connectivity index (χ3v) is 5.49. The first kappa shape index (κ1) is 19.3. The summed E-state index contributed by atoms with van der Waals surface area (Å²) in [6.07, 6.45) is 1.47. The fourth-order valence-corrected chi connectivity index (χ4v) is 3.71. The molecule has 0 saturated heterocycles. The lowest BCUT2D eigenvalue weighted by atomic mass is 10.2. The molecule has 8 nitrogen and oxygen atoms in total. The number of imidazole rings is 1. The molecule has 0 aliphatic carbocycles. The largest absolute Gasteiger partial charge is 0.330 e. The molecule has 1 heterocycles. The van der Waals surface area contributed by atoms with Crippen molar-refractivity contribution in [3.8, 4) is 6.07 Å². The second-order valence-electron chi connectivity index (χ2n) is 6.06. The number of aliphatic imine (C=N–C) groups is 1. The number of nitriles is 1. The number of carbonyl (C=O) groups excluding carboxylic acids is 1. The molecular formula is C19H17N5O3S. The van der Waals surface area contributed by atoms with E-state index in [1.807, 2.05) is 40.6 Å². The zero-order valence-corrected chi connectivity index (χ0v) is 16.0. The summed E-state index contributed by atoms with van der Waals surface area (Å²) < 4.78 is 27.6. The normalized spacial score (nSPS) is 12.8. The fourth-order valence-electron chi connectivity index (χ4n) is 2.72. The number of para-hydroxylation sites is 2. The van der Waals surface area contributed by atoms with E-state index in [0.29, 0.717) is 11.5 Å². The fraction of sp³-hybridized carbons (Fsp3) is 0.158. The van der Waals surface area contributed by atoms with Crippen molar-refractivity contribution in [2.45, 2.75) is 17.7 Å². The quantitative estimate of drug-likeness (QED) is 0.666. The number of hydrogen-bond acceptors (Lipinski definition) is 6. The predicted octanol–water partition coefficient (Wildman–Crippen LogP) is 2.41. The first-order chi connectivity index (χ1) is 13.3. The van der Waals surface area contributed by atoms with Crippen LogP contribution >= 0.6 is 0 Å². The maximum atomic E-state index is 11.9. The molecule has 28 heavy (non-hydrogen) atoms. The van der Waals surface area contributed by atoms with Crippen LogP contribution in [0, 0.1) is 11.3 Å². The number of carbonyl (C=O) groups is 1. The highest BCUT2D eigenvalue weighted by molar-refractivity contribution is 7.90. The Morgan fingerprint density at radius 1 is 1.25 bits per heavy atom. The van der Waals surface area contributed by atoms with E-state index in [1.165, 1.54) is 30.5 Å². The first-order valence-corrected chi connectivity index (χ1v) is 9.79. The average molecular weight is 395 g/mol. The highest BCUT2D eigenvalue weighted by Gasteiger charge is 2.17. The molecule has 1 aromatic heterocycles. The summed E-state index contributed by atoms with van der Waals surface area (Å²) in [5, 5.41) is 9.53. The van der Waals surface area contributed by atoms with Crippen molar-refractivity contribution >= 4 is 38.9 Å². The number of aryl methyl sites for hydroxylation is 1. The van der Waals surface area contributed by atoms with Gasteiger partial charge in [0.15, 0.2) is 0 Å². The van der Waals surface area contributed by atoms with Crippen LogP contribution in [0.15, 0.2) is 58.4 Å². The van der Waals surface area contributed by atoms with Gasteiger partial charge < -0.3 is 4.57 Å². The molecule has 9 heteroatoms. The van der Waals surface area contributed by atoms with Crippen molar-refractivity contribution < 1.29 is 13.2 Å². The standard InChI is InChI=1S/C19H17N5O3S/c1-13(25)23-28(26,27)16-9-7-15(8-10-16)21-12-14(11-20)19-22-17-5-3-4-6-18(17)24(19)2/h3-10,12,14H,1-2H3,(H,23,25). The number of fused-ring (bicyclic) bond motifs is 1. The SMILES string of the molecule is CC(=O)NS(=O)(=O)c1ccc(N=CC(C#N)c2nc3ccccc3n2C)cc1. The van der Waals surface area contributed by atoms with E-state index in [1.54, 1.807) is 0 Å². The summed E-state index contributed by atoms with van der Waals surface area (Å²) in [7, 11) is -2.05. The van der Waals surface area contributed by atoms with Gasteiger partial charge in [-0.1, -0.05) is 12.1 Å². The Morgan fingerprint density at radius 2 is 1.93 bits per heavy atom. The van der Waals surface area contributed by atoms with Gasteiger partial charge in [-0.05, 0) is 36.4 Å². The molecule has 3 rings (SSSR count). The van der Waals surface area contributed by atoms with Crippen LogP contribution in [-0.2, 0) is 21.9 Å². The van der Waals surface area contributed by atoms with Gasteiger partial charge in [0.05, 0.1) is 27.7 Å². The zero-order valence-electron chi connectivity index (χ0n) is 15.2. The highest BCUT2D eigenvalue weighted by Crippen LogP contribution is 2.21. The topological polar surface area (TPSA) is 117 Å². The number of benzene rings is 2. The van der Waals surface area contributed by atoms with Gasteiger partial charge in [0.1, 0.15) is 11.7 Å². The Morgan fingerprint density at radius 3 is 2.54 bits per heavy atom. The Labute approximate surface area is 162 Å². The van der Waals surface area contributed by atoms with Crippen LogP contribution in [-0.4, -0.2) is 30.1 Å². The van der Waals surface area contributed by atoms with E-state index < -0.39 is 21.8 Å². The summed E-state index contributed by atoms with van der Waals surface area (Å²) >= 11 is 0. The lowest BCUT2D eigenvalue weighted by molar-refractivity contribution is -0.117. The number of rotatable bonds is 5. The molecule has 0 aliphatic heterocycles. The van der Waals surface area contributed by atoms with Crippen LogP contribution in [0.1, 0.15) is 18.7 Å². The minimum atomic E-state index is -3.89. The van der Waals surface area contributed by atoms with Crippen molar-refractivity contribution in [1.82, 2.24) is 14.3 Å². The van der Waals surface area contributed by atoms with Crippen molar-refractivity contribution in [3.05, 3.63) is 54.4 Å². The van der Waals surface area contributed by atoms with E-state index in [9.17, 15) is 18.5 Å². The highest BCUT2D eigenvalue weighted by atomic mass is 32.2. The number of sulfonamides is 1. The third kappa shape index (κ3) is 3.92. The summed E-state index contributed by atoms with van der Waals surface area (Å²) in [5.41, 5.74) is 2.18. The molecule has 1 N–H and O–H groups in total. The first-order valence-electron chi connectivity index (χ1n) is 8.30. The maximum absolute atomic E-state index is 11.9. The maximum Gasteiger partial charge on any atom is 0.264 e. The van der Waals surface area contributed by atoms with Gasteiger partial charge in [0.2, 0.25) is 5.91 Å². The van der Waals surface area contributed by atoms with E-state index >= 15 is 0 Å². The lowest BCUT2D eigenvalue weighted by Crippen LogP contribution is -2.28. The molecule has 1 amide bonds. The Balaban J connectivity index is 1.84. The van der Waals surface area contributed by atoms with Gasteiger partial charge >= 0.3 is 0 Å². The minimum Gasteiger partial charge on any atom is -0.330 e. The molecule has 0 spiro atoms. The number of nitrogens with one attached hydrogen (secondary N) is 1. The van der Waals surface area contributed by atoms with Gasteiger partial charge in [-0.25, -0.2) is 18.1 Å². The second-order valence-corrected chi connectivity index (χ2v) is 7.74. The molecule has 3 aromatic rings. The summed E-state index contributed by atoms with van der Waals surface area (Å²) in [4.78, 5) is 19.7. The summed E-state index contributed by atoms with van der Waals surface area (Å²) in [5.74, 6) is -0.765. The third-order valence-electron chi connectivity index (χ3n) is 4.04. The van der Waals surface area contributed by atoms with Crippen LogP contribution < -0.4 is 4.72 Å². The van der Waals surface area contributed by atoms with Crippen LogP contribution in [0.3, 0.4) is 0 Å². The van der Waals surface area contributed by atoms with E-state index in [4.69, 9.17) is 0 Å². The molecule has 1 atom stereocenters. The zero-order chi connectivity index (χ0) is 20.3. The van der Waals surface area contributed by atoms with Gasteiger partial charge in [-0.15, -0.1) is 0 Å². The Kier molecular flexibility index (Phi) is 5.24. The van der Waals surface area contributed by atoms with Crippen molar-refractivity contribution in [1.29, 1.82) is 5.26 Å². The van der Waals surface area contributed by atoms with Crippen LogP contribution in [0.25, 0.3) is 11.0 Å². The summed E-state index contributed by atoms with van der Waals surface area (Å²) in [6.45, 7) is 1.12. The molecule has 0 bridgehead atoms. The molecule has 2 aromatic carbocycles. The molecule has 0 saturated carbocycles. The van der Waals surface area contributed by atoms with E-state index in [2.05, 4.69) is 16.0 Å². The Bertz CT molecular complexity index is 1200. The van der Waals surface area contributed by atoms with Crippen molar-refractivity contribution in [2.75, 3.05) is 0 Å². The minimum absolute atomic E-state index is 0.0474. The molecule has 0 fully saturated rings. The van der Waals surface area contributed by atoms with E-state index in [0.717, 1.165) is 18.0 Å². The molecular weight excluding hydrogens is 378 g/mol. The molecule has 142 valence electrons. The van der Waals surface area contributed by atoms with Crippen molar-refractivity contribution in [2.24, 2.45) is 12.0 Å². The predicted molar refractivity (Wildman–Crippen MR) is 105 cm³/mol. The van der Waals surface area contributed by atoms with Gasteiger partial charge in [-0.2, -0.15) is 5.26 Å². The van der Waals surface area contributed by atoms with Gasteiger partial charge in [-0.3, -0.25) is 9.79 Å². The van der Waals surface area contributed by atoms with E-state index in [-0.39, 0.29) is 4.90 Å². The summed E-state index contributed by atoms with van der Waals surface area (Å²) in [6, 6.07) is 15.4. The number of hydrogen-bond donors (Lipinski definition) is 1. The van der Waals surface area contributed by atoms with Crippen molar-refractivity contribution in [3.63, 3.8) is 0 Å². The van der Waals surface area contributed by atoms with Crippen LogP contribution in [0.4, 0.5) is 5.69 Å². The molecule has 1 unspecified atom stereocenters. The molecule has 0 aliphatic rings. The number of aromatic nitrogens is 2.